The van der Waals surface area contributed by atoms with Crippen LogP contribution >= 0.6 is 0 Å². The molecule has 0 unspecified atom stereocenters. The Balaban J connectivity index is 2.07. The van der Waals surface area contributed by atoms with Crippen molar-refractivity contribution in [1.82, 2.24) is 0 Å². The summed E-state index contributed by atoms with van der Waals surface area (Å²) in [6.45, 7) is 0.764. The molecule has 0 radical (unpaired) electrons. The number of nitrogen functional groups attached to an aromatic ring is 1. The zero-order valence-corrected chi connectivity index (χ0v) is 9.99. The summed E-state index contributed by atoms with van der Waals surface area (Å²) in [6, 6.07) is 5.67. The molecule has 4 nitrogen and oxygen atoms in total. The summed E-state index contributed by atoms with van der Waals surface area (Å²) in [5.74, 6) is 0.153. The summed E-state index contributed by atoms with van der Waals surface area (Å²) in [5.41, 5.74) is 8.31. The van der Waals surface area contributed by atoms with Crippen LogP contribution in [-0.2, 0) is 4.79 Å². The van der Waals surface area contributed by atoms with Gasteiger partial charge in [0.2, 0.25) is 5.91 Å². The SMILES string of the molecule is CN1CC2(CCC2)C(=O)Nc2cccc(N)c21. The molecule has 17 heavy (non-hydrogen) atoms. The highest BCUT2D eigenvalue weighted by Crippen LogP contribution is 2.47. The maximum absolute atomic E-state index is 12.3. The molecule has 1 aromatic rings. The van der Waals surface area contributed by atoms with Gasteiger partial charge < -0.3 is 16.0 Å². The number of anilines is 3. The molecule has 3 N–H and O–H groups in total. The van der Waals surface area contributed by atoms with Gasteiger partial charge in [0.1, 0.15) is 0 Å². The van der Waals surface area contributed by atoms with Crippen LogP contribution in [0.15, 0.2) is 18.2 Å². The number of amides is 1. The number of rotatable bonds is 0. The second-order valence-electron chi connectivity index (χ2n) is 5.19. The molecule has 90 valence electrons. The average Bonchev–Trinajstić information content (AvgIpc) is 2.33. The number of hydrogen-bond acceptors (Lipinski definition) is 3. The predicted molar refractivity (Wildman–Crippen MR) is 69.0 cm³/mol. The summed E-state index contributed by atoms with van der Waals surface area (Å²) in [5, 5.41) is 3.03. The first-order valence-electron chi connectivity index (χ1n) is 6.03. The molecule has 1 spiro atoms. The van der Waals surface area contributed by atoms with E-state index in [0.717, 1.165) is 42.9 Å². The Morgan fingerprint density at radius 1 is 1.41 bits per heavy atom. The lowest BCUT2D eigenvalue weighted by Crippen LogP contribution is -2.47. The number of carbonyl (C=O) groups excluding carboxylic acids is 1. The van der Waals surface area contributed by atoms with Gasteiger partial charge in [0, 0.05) is 13.6 Å². The second kappa shape index (κ2) is 3.39. The highest BCUT2D eigenvalue weighted by Gasteiger charge is 2.46. The summed E-state index contributed by atoms with van der Waals surface area (Å²) in [7, 11) is 2.01. The predicted octanol–water partition coefficient (Wildman–Crippen LogP) is 1.83. The van der Waals surface area contributed by atoms with Gasteiger partial charge in [0.25, 0.3) is 0 Å². The highest BCUT2D eigenvalue weighted by molar-refractivity contribution is 6.02. The lowest BCUT2D eigenvalue weighted by Gasteiger charge is -2.41. The number of fused-ring (bicyclic) bond motifs is 1. The summed E-state index contributed by atoms with van der Waals surface area (Å²) in [6.07, 6.45) is 3.11. The fourth-order valence-electron chi connectivity index (χ4n) is 2.94. The smallest absolute Gasteiger partial charge is 0.232 e. The van der Waals surface area contributed by atoms with Crippen LogP contribution in [0.25, 0.3) is 0 Å². The lowest BCUT2D eigenvalue weighted by molar-refractivity contribution is -0.129. The maximum atomic E-state index is 12.3. The maximum Gasteiger partial charge on any atom is 0.232 e. The van der Waals surface area contributed by atoms with Gasteiger partial charge in [0.15, 0.2) is 0 Å². The number of para-hydroxylation sites is 1. The van der Waals surface area contributed by atoms with Gasteiger partial charge in [-0.05, 0) is 25.0 Å². The number of nitrogens with two attached hydrogens (primary N) is 1. The van der Waals surface area contributed by atoms with Gasteiger partial charge in [0.05, 0.1) is 22.5 Å². The van der Waals surface area contributed by atoms with Crippen LogP contribution in [0.2, 0.25) is 0 Å². The van der Waals surface area contributed by atoms with E-state index in [1.54, 1.807) is 0 Å². The van der Waals surface area contributed by atoms with E-state index in [4.69, 9.17) is 5.73 Å². The van der Waals surface area contributed by atoms with Crippen molar-refractivity contribution in [2.75, 3.05) is 29.5 Å². The standard InChI is InChI=1S/C13H17N3O/c1-16-8-13(6-3-7-13)12(17)15-10-5-2-4-9(14)11(10)16/h2,4-5H,3,6-8,14H2,1H3,(H,15,17). The van der Waals surface area contributed by atoms with Gasteiger partial charge in [-0.2, -0.15) is 0 Å². The molecule has 1 amide bonds. The molecule has 1 saturated carbocycles. The molecule has 4 heteroatoms. The molecule has 1 aromatic carbocycles. The third-order valence-electron chi connectivity index (χ3n) is 4.03. The van der Waals surface area contributed by atoms with E-state index in [9.17, 15) is 4.79 Å². The first kappa shape index (κ1) is 10.4. The zero-order valence-electron chi connectivity index (χ0n) is 9.99. The number of nitrogens with one attached hydrogen (secondary N) is 1. The van der Waals surface area contributed by atoms with Gasteiger partial charge in [-0.15, -0.1) is 0 Å². The van der Waals surface area contributed by atoms with Crippen LogP contribution in [0.1, 0.15) is 19.3 Å². The van der Waals surface area contributed by atoms with Crippen molar-refractivity contribution in [2.45, 2.75) is 19.3 Å². The van der Waals surface area contributed by atoms with Gasteiger partial charge in [-0.3, -0.25) is 4.79 Å². The Morgan fingerprint density at radius 2 is 2.18 bits per heavy atom. The molecule has 0 aromatic heterocycles. The van der Waals surface area contributed by atoms with Crippen LogP contribution in [-0.4, -0.2) is 19.5 Å². The normalized spacial score (nSPS) is 21.5. The Kier molecular flexibility index (Phi) is 2.08. The van der Waals surface area contributed by atoms with Crippen LogP contribution in [0.5, 0.6) is 0 Å². The van der Waals surface area contributed by atoms with Crippen LogP contribution in [0, 0.1) is 5.41 Å². The van der Waals surface area contributed by atoms with Crippen molar-refractivity contribution in [3.8, 4) is 0 Å². The van der Waals surface area contributed by atoms with E-state index in [1.165, 1.54) is 0 Å². The van der Waals surface area contributed by atoms with E-state index < -0.39 is 0 Å². The summed E-state index contributed by atoms with van der Waals surface area (Å²) < 4.78 is 0. The minimum absolute atomic E-state index is 0.153. The van der Waals surface area contributed by atoms with E-state index in [1.807, 2.05) is 25.2 Å². The van der Waals surface area contributed by atoms with Crippen LogP contribution in [0.3, 0.4) is 0 Å². The van der Waals surface area contributed by atoms with Crippen molar-refractivity contribution in [2.24, 2.45) is 5.41 Å². The monoisotopic (exact) mass is 231 g/mol. The van der Waals surface area contributed by atoms with E-state index in [0.29, 0.717) is 0 Å². The average molecular weight is 231 g/mol. The topological polar surface area (TPSA) is 58.4 Å². The molecule has 0 atom stereocenters. The van der Waals surface area contributed by atoms with Crippen molar-refractivity contribution in [1.29, 1.82) is 0 Å². The zero-order chi connectivity index (χ0) is 12.0. The molecule has 1 aliphatic heterocycles. The quantitative estimate of drug-likeness (QED) is 0.670. The third-order valence-corrected chi connectivity index (χ3v) is 4.03. The number of nitrogens with zero attached hydrogens (tertiary/aromatic N) is 1. The Labute approximate surface area is 101 Å². The summed E-state index contributed by atoms with van der Waals surface area (Å²) >= 11 is 0. The summed E-state index contributed by atoms with van der Waals surface area (Å²) in [4.78, 5) is 14.4. The third kappa shape index (κ3) is 1.40. The fourth-order valence-corrected chi connectivity index (χ4v) is 2.94. The number of benzene rings is 1. The Hall–Kier alpha value is -1.71. The van der Waals surface area contributed by atoms with Crippen molar-refractivity contribution in [3.05, 3.63) is 18.2 Å². The van der Waals surface area contributed by atoms with Gasteiger partial charge >= 0.3 is 0 Å². The second-order valence-corrected chi connectivity index (χ2v) is 5.19. The molecule has 0 bridgehead atoms. The first-order valence-corrected chi connectivity index (χ1v) is 6.03. The number of carbonyl (C=O) groups is 1. The van der Waals surface area contributed by atoms with Gasteiger partial charge in [-0.1, -0.05) is 12.5 Å². The molecular formula is C13H17N3O. The lowest BCUT2D eigenvalue weighted by atomic mass is 9.68. The molecule has 1 aliphatic carbocycles. The first-order chi connectivity index (χ1) is 8.12. The Morgan fingerprint density at radius 3 is 2.82 bits per heavy atom. The van der Waals surface area contributed by atoms with Crippen molar-refractivity contribution >= 4 is 23.0 Å². The fraction of sp³-hybridized carbons (Fsp3) is 0.462. The molecule has 1 fully saturated rings. The molecule has 2 aliphatic rings. The van der Waals surface area contributed by atoms with E-state index in [2.05, 4.69) is 10.2 Å². The molecule has 0 saturated heterocycles. The number of hydrogen-bond donors (Lipinski definition) is 2. The van der Waals surface area contributed by atoms with Crippen molar-refractivity contribution in [3.63, 3.8) is 0 Å². The minimum Gasteiger partial charge on any atom is -0.397 e. The van der Waals surface area contributed by atoms with Gasteiger partial charge in [-0.25, -0.2) is 0 Å². The van der Waals surface area contributed by atoms with Crippen LogP contribution in [0.4, 0.5) is 17.1 Å². The molecule has 1 heterocycles. The molecule has 3 rings (SSSR count). The molecular weight excluding hydrogens is 214 g/mol. The van der Waals surface area contributed by atoms with E-state index in [-0.39, 0.29) is 11.3 Å². The Bertz CT molecular complexity index is 480. The van der Waals surface area contributed by atoms with Crippen molar-refractivity contribution < 1.29 is 4.79 Å². The highest BCUT2D eigenvalue weighted by atomic mass is 16.2. The largest absolute Gasteiger partial charge is 0.397 e. The van der Waals surface area contributed by atoms with Crippen LogP contribution < -0.4 is 16.0 Å². The minimum atomic E-state index is -0.194. The van der Waals surface area contributed by atoms with E-state index >= 15 is 0 Å².